The lowest BCUT2D eigenvalue weighted by atomic mass is 9.95. The zero-order valence-corrected chi connectivity index (χ0v) is 18.9. The van der Waals surface area contributed by atoms with Crippen LogP contribution in [0.1, 0.15) is 37.4 Å². The molecule has 2 aromatic rings. The van der Waals surface area contributed by atoms with Crippen molar-refractivity contribution < 1.29 is 24.5 Å². The van der Waals surface area contributed by atoms with Gasteiger partial charge in [0.2, 0.25) is 0 Å². The van der Waals surface area contributed by atoms with E-state index < -0.39 is 17.7 Å². The number of phenolic OH excluding ortho intramolecular Hbond substituents is 1. The number of phenols is 1. The van der Waals surface area contributed by atoms with Crippen molar-refractivity contribution in [2.24, 2.45) is 0 Å². The molecule has 2 N–H and O–H groups in total. The summed E-state index contributed by atoms with van der Waals surface area (Å²) in [5, 5.41) is 21.2. The first kappa shape index (κ1) is 23.3. The van der Waals surface area contributed by atoms with Crippen LogP contribution in [0, 0.1) is 0 Å². The molecule has 3 rings (SSSR count). The topological polar surface area (TPSA) is 90.3 Å². The number of nitrogens with zero attached hydrogens (tertiary/aromatic N) is 2. The first-order valence-electron chi connectivity index (χ1n) is 10.7. The van der Waals surface area contributed by atoms with Crippen LogP contribution in [0.5, 0.6) is 11.5 Å². The summed E-state index contributed by atoms with van der Waals surface area (Å²) in [5.41, 5.74) is 0.955. The van der Waals surface area contributed by atoms with Crippen LogP contribution in [-0.2, 0) is 9.59 Å². The number of carbonyl (C=O) groups excluding carboxylic acids is 2. The zero-order valence-electron chi connectivity index (χ0n) is 18.9. The molecule has 32 heavy (non-hydrogen) atoms. The maximum absolute atomic E-state index is 13.0. The summed E-state index contributed by atoms with van der Waals surface area (Å²) >= 11 is 0. The van der Waals surface area contributed by atoms with Gasteiger partial charge >= 0.3 is 0 Å². The number of hydrogen-bond donors (Lipinski definition) is 2. The first-order chi connectivity index (χ1) is 15.2. The normalized spacial score (nSPS) is 18.1. The lowest BCUT2D eigenvalue weighted by molar-refractivity contribution is -0.139. The molecule has 0 saturated carbocycles. The van der Waals surface area contributed by atoms with Crippen molar-refractivity contribution in [3.63, 3.8) is 0 Å². The van der Waals surface area contributed by atoms with Crippen molar-refractivity contribution in [2.75, 3.05) is 27.2 Å². The largest absolute Gasteiger partial charge is 0.508 e. The molecule has 1 aliphatic rings. The summed E-state index contributed by atoms with van der Waals surface area (Å²) in [7, 11) is 3.88. The number of benzene rings is 2. The molecule has 1 amide bonds. The van der Waals surface area contributed by atoms with Crippen LogP contribution in [-0.4, -0.2) is 65.0 Å². The first-order valence-corrected chi connectivity index (χ1v) is 10.7. The van der Waals surface area contributed by atoms with E-state index >= 15 is 0 Å². The van der Waals surface area contributed by atoms with Gasteiger partial charge in [0.05, 0.1) is 17.7 Å². The molecule has 1 unspecified atom stereocenters. The third-order valence-corrected chi connectivity index (χ3v) is 5.21. The Bertz CT molecular complexity index is 1030. The second kappa shape index (κ2) is 9.87. The van der Waals surface area contributed by atoms with Crippen molar-refractivity contribution in [1.29, 1.82) is 0 Å². The van der Waals surface area contributed by atoms with Gasteiger partial charge < -0.3 is 24.7 Å². The van der Waals surface area contributed by atoms with E-state index in [4.69, 9.17) is 4.74 Å². The summed E-state index contributed by atoms with van der Waals surface area (Å²) < 4.78 is 5.71. The Morgan fingerprint density at radius 3 is 2.50 bits per heavy atom. The molecule has 2 aromatic carbocycles. The predicted octanol–water partition coefficient (Wildman–Crippen LogP) is 3.55. The minimum Gasteiger partial charge on any atom is -0.508 e. The molecule has 1 heterocycles. The van der Waals surface area contributed by atoms with E-state index in [0.29, 0.717) is 29.8 Å². The average molecular weight is 439 g/mol. The van der Waals surface area contributed by atoms with Gasteiger partial charge in [-0.3, -0.25) is 9.59 Å². The number of aliphatic hydroxyl groups excluding tert-OH is 1. The highest BCUT2D eigenvalue weighted by Crippen LogP contribution is 2.40. The van der Waals surface area contributed by atoms with E-state index in [1.807, 2.05) is 32.8 Å². The molecule has 170 valence electrons. The number of carbonyl (C=O) groups is 2. The van der Waals surface area contributed by atoms with Crippen molar-refractivity contribution in [3.8, 4) is 11.5 Å². The van der Waals surface area contributed by atoms with Gasteiger partial charge in [0, 0.05) is 12.1 Å². The summed E-state index contributed by atoms with van der Waals surface area (Å²) in [5.74, 6) is -1.09. The number of ether oxygens (including phenoxy) is 1. The Kier molecular flexibility index (Phi) is 7.20. The average Bonchev–Trinajstić information content (AvgIpc) is 2.98. The number of ketones is 1. The van der Waals surface area contributed by atoms with E-state index in [0.717, 1.165) is 6.54 Å². The van der Waals surface area contributed by atoms with Gasteiger partial charge in [0.25, 0.3) is 11.7 Å². The molecule has 0 radical (unpaired) electrons. The number of Topliss-reactive ketones (excluding diaryl/α,β-unsaturated/α-hetero) is 1. The van der Waals surface area contributed by atoms with Gasteiger partial charge in [0.1, 0.15) is 17.3 Å². The summed E-state index contributed by atoms with van der Waals surface area (Å²) in [6.07, 6.45) is 0.606. The smallest absolute Gasteiger partial charge is 0.295 e. The van der Waals surface area contributed by atoms with Crippen LogP contribution >= 0.6 is 0 Å². The summed E-state index contributed by atoms with van der Waals surface area (Å²) in [4.78, 5) is 29.5. The van der Waals surface area contributed by atoms with Crippen molar-refractivity contribution in [1.82, 2.24) is 9.80 Å². The SMILES string of the molecule is CC(C)Oc1cccc(/C(O)=C2/C(=O)C(=O)N(CCCN(C)C)C2c2cccc(O)c2)c1. The molecule has 0 bridgehead atoms. The maximum atomic E-state index is 13.0. The standard InChI is InChI=1S/C25H30N2O5/c1-16(2)32-20-11-6-9-18(15-20)23(29)21-22(17-8-5-10-19(28)14-17)27(25(31)24(21)30)13-7-12-26(3)4/h5-6,8-11,14-16,22,28-29H,7,12-13H2,1-4H3/b23-21-. The number of aliphatic hydroxyl groups is 1. The molecular formula is C25H30N2O5. The Balaban J connectivity index is 2.09. The molecule has 0 aromatic heterocycles. The lowest BCUT2D eigenvalue weighted by Crippen LogP contribution is -2.32. The minimum atomic E-state index is -0.793. The second-order valence-electron chi connectivity index (χ2n) is 8.44. The van der Waals surface area contributed by atoms with Crippen LogP contribution < -0.4 is 4.74 Å². The van der Waals surface area contributed by atoms with E-state index in [-0.39, 0.29) is 23.2 Å². The fraction of sp³-hybridized carbons (Fsp3) is 0.360. The van der Waals surface area contributed by atoms with Crippen molar-refractivity contribution in [2.45, 2.75) is 32.4 Å². The fourth-order valence-corrected chi connectivity index (χ4v) is 3.85. The Hall–Kier alpha value is -3.32. The zero-order chi connectivity index (χ0) is 23.4. The third-order valence-electron chi connectivity index (χ3n) is 5.21. The highest BCUT2D eigenvalue weighted by molar-refractivity contribution is 6.46. The van der Waals surface area contributed by atoms with Gasteiger partial charge in [0.15, 0.2) is 0 Å². The molecule has 1 atom stereocenters. The number of hydrogen-bond acceptors (Lipinski definition) is 6. The van der Waals surface area contributed by atoms with Crippen molar-refractivity contribution >= 4 is 17.4 Å². The van der Waals surface area contributed by atoms with E-state index in [1.54, 1.807) is 36.4 Å². The van der Waals surface area contributed by atoms with Gasteiger partial charge in [-0.2, -0.15) is 0 Å². The Labute approximate surface area is 188 Å². The molecule has 7 nitrogen and oxygen atoms in total. The highest BCUT2D eigenvalue weighted by Gasteiger charge is 2.45. The fourth-order valence-electron chi connectivity index (χ4n) is 3.85. The molecule has 1 saturated heterocycles. The van der Waals surface area contributed by atoms with E-state index in [1.165, 1.54) is 17.0 Å². The van der Waals surface area contributed by atoms with Gasteiger partial charge in [-0.25, -0.2) is 0 Å². The van der Waals surface area contributed by atoms with Gasteiger partial charge in [-0.15, -0.1) is 0 Å². The third kappa shape index (κ3) is 5.11. The van der Waals surface area contributed by atoms with Crippen molar-refractivity contribution in [3.05, 3.63) is 65.2 Å². The van der Waals surface area contributed by atoms with Gasteiger partial charge in [-0.05, 0) is 70.7 Å². The number of rotatable bonds is 8. The molecular weight excluding hydrogens is 408 g/mol. The minimum absolute atomic E-state index is 0.00662. The lowest BCUT2D eigenvalue weighted by Gasteiger charge is -2.26. The summed E-state index contributed by atoms with van der Waals surface area (Å²) in [6, 6.07) is 12.4. The van der Waals surface area contributed by atoms with Crippen LogP contribution in [0.2, 0.25) is 0 Å². The van der Waals surface area contributed by atoms with Crippen LogP contribution in [0.25, 0.3) is 5.76 Å². The predicted molar refractivity (Wildman–Crippen MR) is 122 cm³/mol. The number of likely N-dealkylation sites (tertiary alicyclic amines) is 1. The molecule has 0 spiro atoms. The molecule has 1 fully saturated rings. The number of amides is 1. The molecule has 7 heteroatoms. The quantitative estimate of drug-likeness (QED) is 0.372. The van der Waals surface area contributed by atoms with Gasteiger partial charge in [-0.1, -0.05) is 24.3 Å². The van der Waals surface area contributed by atoms with E-state index in [2.05, 4.69) is 0 Å². The number of aromatic hydroxyl groups is 1. The summed E-state index contributed by atoms with van der Waals surface area (Å²) in [6.45, 7) is 4.88. The Morgan fingerprint density at radius 1 is 1.12 bits per heavy atom. The molecule has 1 aliphatic heterocycles. The van der Waals surface area contributed by atoms with Crippen LogP contribution in [0.3, 0.4) is 0 Å². The Morgan fingerprint density at radius 2 is 1.84 bits per heavy atom. The monoisotopic (exact) mass is 438 g/mol. The highest BCUT2D eigenvalue weighted by atomic mass is 16.5. The maximum Gasteiger partial charge on any atom is 0.295 e. The van der Waals surface area contributed by atoms with Crippen LogP contribution in [0.15, 0.2) is 54.1 Å². The van der Waals surface area contributed by atoms with Crippen LogP contribution in [0.4, 0.5) is 0 Å². The van der Waals surface area contributed by atoms with E-state index in [9.17, 15) is 19.8 Å². The molecule has 0 aliphatic carbocycles. The second-order valence-corrected chi connectivity index (χ2v) is 8.44.